The summed E-state index contributed by atoms with van der Waals surface area (Å²) in [5.41, 5.74) is 1.75. The van der Waals surface area contributed by atoms with Gasteiger partial charge in [0.25, 0.3) is 5.91 Å². The summed E-state index contributed by atoms with van der Waals surface area (Å²) in [4.78, 5) is 18.9. The Bertz CT molecular complexity index is 598. The lowest BCUT2D eigenvalue weighted by Crippen LogP contribution is -2.42. The fraction of sp³-hybridized carbons (Fsp3) is 0.636. The number of benzene rings is 1. The first kappa shape index (κ1) is 24.0. The van der Waals surface area contributed by atoms with Gasteiger partial charge in [0, 0.05) is 31.7 Å². The summed E-state index contributed by atoms with van der Waals surface area (Å²) in [6.45, 7) is 13.3. The lowest BCUT2D eigenvalue weighted by Gasteiger charge is -2.21. The number of amides is 1. The number of aliphatic imine (C=N–C) groups is 1. The quantitative estimate of drug-likeness (QED) is 0.380. The van der Waals surface area contributed by atoms with Crippen LogP contribution in [0.2, 0.25) is 0 Å². The first-order valence-electron chi connectivity index (χ1n) is 10.6. The van der Waals surface area contributed by atoms with E-state index in [4.69, 9.17) is 0 Å². The Morgan fingerprint density at radius 2 is 1.93 bits per heavy atom. The molecule has 1 unspecified atom stereocenters. The van der Waals surface area contributed by atoms with Gasteiger partial charge in [0.2, 0.25) is 0 Å². The van der Waals surface area contributed by atoms with Crippen molar-refractivity contribution in [2.24, 2.45) is 4.99 Å². The van der Waals surface area contributed by atoms with E-state index in [9.17, 15) is 4.79 Å². The Labute approximate surface area is 171 Å². The molecule has 6 nitrogen and oxygen atoms in total. The van der Waals surface area contributed by atoms with Gasteiger partial charge in [0.05, 0.1) is 0 Å². The van der Waals surface area contributed by atoms with Crippen LogP contribution in [0.1, 0.15) is 62.9 Å². The van der Waals surface area contributed by atoms with Crippen LogP contribution in [0.4, 0.5) is 0 Å². The van der Waals surface area contributed by atoms with Crippen LogP contribution in [0, 0.1) is 0 Å². The molecule has 0 aliphatic heterocycles. The molecule has 0 fully saturated rings. The van der Waals surface area contributed by atoms with Crippen molar-refractivity contribution in [2.45, 2.75) is 59.5 Å². The molecule has 28 heavy (non-hydrogen) atoms. The van der Waals surface area contributed by atoms with Crippen molar-refractivity contribution in [1.29, 1.82) is 0 Å². The monoisotopic (exact) mass is 389 g/mol. The fourth-order valence-electron chi connectivity index (χ4n) is 3.01. The normalized spacial score (nSPS) is 12.7. The van der Waals surface area contributed by atoms with E-state index in [2.05, 4.69) is 46.6 Å². The van der Waals surface area contributed by atoms with Gasteiger partial charge < -0.3 is 20.9 Å². The van der Waals surface area contributed by atoms with Gasteiger partial charge in [0.15, 0.2) is 5.96 Å². The van der Waals surface area contributed by atoms with Crippen molar-refractivity contribution in [3.63, 3.8) is 0 Å². The summed E-state index contributed by atoms with van der Waals surface area (Å²) in [6.07, 6.45) is 3.20. The maximum Gasteiger partial charge on any atom is 0.251 e. The maximum absolute atomic E-state index is 12.1. The molecule has 6 heteroatoms. The molecular weight excluding hydrogens is 350 g/mol. The standard InChI is InChI=1S/C22H39N5O/c1-6-14-24-21(28)20-13-9-12-19(16-20)17-25-22(23-5)26-18(4)11-10-15-27(7-2)8-3/h9,12-13,16,18H,6-8,10-11,14-15,17H2,1-5H3,(H,24,28)(H2,23,25,26). The topological polar surface area (TPSA) is 68.8 Å². The van der Waals surface area contributed by atoms with Gasteiger partial charge in [-0.2, -0.15) is 0 Å². The Morgan fingerprint density at radius 3 is 2.57 bits per heavy atom. The highest BCUT2D eigenvalue weighted by molar-refractivity contribution is 5.94. The van der Waals surface area contributed by atoms with Gasteiger partial charge in [-0.3, -0.25) is 9.79 Å². The number of carbonyl (C=O) groups excluding carboxylic acids is 1. The van der Waals surface area contributed by atoms with Gasteiger partial charge >= 0.3 is 0 Å². The number of carbonyl (C=O) groups is 1. The van der Waals surface area contributed by atoms with E-state index in [1.807, 2.05) is 31.2 Å². The molecule has 0 bridgehead atoms. The van der Waals surface area contributed by atoms with Crippen LogP contribution in [0.3, 0.4) is 0 Å². The Balaban J connectivity index is 2.46. The first-order chi connectivity index (χ1) is 13.5. The molecule has 1 amide bonds. The summed E-state index contributed by atoms with van der Waals surface area (Å²) in [5, 5.41) is 9.71. The molecule has 158 valence electrons. The number of rotatable bonds is 12. The van der Waals surface area contributed by atoms with Gasteiger partial charge in [-0.25, -0.2) is 0 Å². The third-order valence-electron chi connectivity index (χ3n) is 4.80. The van der Waals surface area contributed by atoms with E-state index >= 15 is 0 Å². The predicted molar refractivity (Wildman–Crippen MR) is 119 cm³/mol. The minimum Gasteiger partial charge on any atom is -0.354 e. The predicted octanol–water partition coefficient (Wildman–Crippen LogP) is 3.00. The SMILES string of the molecule is CCCNC(=O)c1cccc(CNC(=NC)NC(C)CCCN(CC)CC)c1. The number of nitrogens with one attached hydrogen (secondary N) is 3. The van der Waals surface area contributed by atoms with Gasteiger partial charge in [-0.15, -0.1) is 0 Å². The van der Waals surface area contributed by atoms with Crippen LogP contribution in [-0.2, 0) is 6.54 Å². The van der Waals surface area contributed by atoms with Gasteiger partial charge in [-0.05, 0) is 63.5 Å². The number of nitrogens with zero attached hydrogens (tertiary/aromatic N) is 2. The molecule has 1 aromatic rings. The average Bonchev–Trinajstić information content (AvgIpc) is 2.72. The van der Waals surface area contributed by atoms with Crippen LogP contribution < -0.4 is 16.0 Å². The highest BCUT2D eigenvalue weighted by Gasteiger charge is 2.08. The van der Waals surface area contributed by atoms with Gasteiger partial charge in [0.1, 0.15) is 0 Å². The van der Waals surface area contributed by atoms with Crippen LogP contribution in [0.5, 0.6) is 0 Å². The van der Waals surface area contributed by atoms with Crippen molar-refractivity contribution in [3.8, 4) is 0 Å². The maximum atomic E-state index is 12.1. The molecule has 1 aromatic carbocycles. The molecule has 3 N–H and O–H groups in total. The van der Waals surface area contributed by atoms with Crippen LogP contribution in [0.25, 0.3) is 0 Å². The largest absolute Gasteiger partial charge is 0.354 e. The second kappa shape index (κ2) is 14.0. The highest BCUT2D eigenvalue weighted by atomic mass is 16.1. The van der Waals surface area contributed by atoms with E-state index in [0.29, 0.717) is 24.7 Å². The second-order valence-corrected chi connectivity index (χ2v) is 7.10. The molecule has 0 radical (unpaired) electrons. The fourth-order valence-corrected chi connectivity index (χ4v) is 3.01. The highest BCUT2D eigenvalue weighted by Crippen LogP contribution is 2.06. The summed E-state index contributed by atoms with van der Waals surface area (Å²) in [5.74, 6) is 0.768. The van der Waals surface area contributed by atoms with Crippen molar-refractivity contribution in [3.05, 3.63) is 35.4 Å². The Kier molecular flexibility index (Phi) is 12.0. The lowest BCUT2D eigenvalue weighted by molar-refractivity contribution is 0.0953. The minimum atomic E-state index is -0.0203. The number of hydrogen-bond donors (Lipinski definition) is 3. The minimum absolute atomic E-state index is 0.0203. The van der Waals surface area contributed by atoms with Crippen LogP contribution in [-0.4, -0.2) is 56.0 Å². The second-order valence-electron chi connectivity index (χ2n) is 7.10. The Morgan fingerprint density at radius 1 is 1.18 bits per heavy atom. The molecule has 0 heterocycles. The molecule has 0 aromatic heterocycles. The van der Waals surface area contributed by atoms with E-state index in [1.54, 1.807) is 7.05 Å². The van der Waals surface area contributed by atoms with E-state index in [0.717, 1.165) is 44.0 Å². The third kappa shape index (κ3) is 9.22. The van der Waals surface area contributed by atoms with E-state index in [-0.39, 0.29) is 5.91 Å². The average molecular weight is 390 g/mol. The zero-order valence-electron chi connectivity index (χ0n) is 18.3. The first-order valence-corrected chi connectivity index (χ1v) is 10.6. The van der Waals surface area contributed by atoms with Crippen molar-refractivity contribution >= 4 is 11.9 Å². The molecule has 0 aliphatic rings. The Hall–Kier alpha value is -2.08. The molecule has 0 aliphatic carbocycles. The summed E-state index contributed by atoms with van der Waals surface area (Å²) < 4.78 is 0. The summed E-state index contributed by atoms with van der Waals surface area (Å²) >= 11 is 0. The zero-order chi connectivity index (χ0) is 20.8. The summed E-state index contributed by atoms with van der Waals surface area (Å²) in [7, 11) is 1.78. The lowest BCUT2D eigenvalue weighted by atomic mass is 10.1. The van der Waals surface area contributed by atoms with Gasteiger partial charge in [-0.1, -0.05) is 32.9 Å². The van der Waals surface area contributed by atoms with E-state index in [1.165, 1.54) is 6.42 Å². The van der Waals surface area contributed by atoms with E-state index < -0.39 is 0 Å². The summed E-state index contributed by atoms with van der Waals surface area (Å²) in [6, 6.07) is 8.07. The molecule has 1 rings (SSSR count). The van der Waals surface area contributed by atoms with Crippen LogP contribution in [0.15, 0.2) is 29.3 Å². The van der Waals surface area contributed by atoms with Crippen molar-refractivity contribution in [1.82, 2.24) is 20.9 Å². The number of hydrogen-bond acceptors (Lipinski definition) is 3. The van der Waals surface area contributed by atoms with Crippen LogP contribution >= 0.6 is 0 Å². The molecule has 0 saturated carbocycles. The molecule has 0 saturated heterocycles. The van der Waals surface area contributed by atoms with Crippen molar-refractivity contribution in [2.75, 3.05) is 33.2 Å². The zero-order valence-corrected chi connectivity index (χ0v) is 18.3. The molecular formula is C22H39N5O. The molecule has 0 spiro atoms. The van der Waals surface area contributed by atoms with Crippen molar-refractivity contribution < 1.29 is 4.79 Å². The smallest absolute Gasteiger partial charge is 0.251 e. The molecule has 1 atom stereocenters. The third-order valence-corrected chi connectivity index (χ3v) is 4.80. The number of guanidine groups is 1.